The molecule has 0 aromatic heterocycles. The van der Waals surface area contributed by atoms with E-state index in [-0.39, 0.29) is 18.0 Å². The van der Waals surface area contributed by atoms with E-state index >= 15 is 0 Å². The third-order valence-corrected chi connectivity index (χ3v) is 2.61. The second kappa shape index (κ2) is 3.67. The molecule has 0 saturated carbocycles. The zero-order valence-corrected chi connectivity index (χ0v) is 7.64. The van der Waals surface area contributed by atoms with Crippen molar-refractivity contribution in [3.05, 3.63) is 0 Å². The van der Waals surface area contributed by atoms with Crippen LogP contribution in [0, 0.1) is 0 Å². The van der Waals surface area contributed by atoms with E-state index in [2.05, 4.69) is 0 Å². The van der Waals surface area contributed by atoms with E-state index in [0.29, 0.717) is 6.42 Å². The zero-order valence-electron chi connectivity index (χ0n) is 7.64. The molecule has 0 amide bonds. The first kappa shape index (κ1) is 9.61. The Labute approximate surface area is 81.0 Å². The maximum absolute atomic E-state index is 11.5. The Hall–Kier alpha value is -0.940. The summed E-state index contributed by atoms with van der Waals surface area (Å²) in [5.41, 5.74) is 0. The lowest BCUT2D eigenvalue weighted by atomic mass is 10.1. The molecule has 2 aliphatic rings. The van der Waals surface area contributed by atoms with Gasteiger partial charge >= 0.3 is 5.97 Å². The molecule has 2 heterocycles. The standard InChI is InChI=1S/C9H12O5/c10-6-3-5-1-2-7(14-5)9(6)13-4-8(11)12/h5,7,9H,1-4H2,(H,11,12)/t5?,7-,9?/m0/s1. The number of hydrogen-bond acceptors (Lipinski definition) is 4. The summed E-state index contributed by atoms with van der Waals surface area (Å²) in [4.78, 5) is 21.7. The number of hydrogen-bond donors (Lipinski definition) is 1. The molecule has 5 heteroatoms. The smallest absolute Gasteiger partial charge is 0.329 e. The first-order chi connectivity index (χ1) is 6.66. The molecule has 2 bridgehead atoms. The zero-order chi connectivity index (χ0) is 10.1. The first-order valence-electron chi connectivity index (χ1n) is 4.68. The van der Waals surface area contributed by atoms with E-state index in [0.717, 1.165) is 12.8 Å². The lowest BCUT2D eigenvalue weighted by Crippen LogP contribution is -2.42. The molecule has 0 aliphatic carbocycles. The van der Waals surface area contributed by atoms with Gasteiger partial charge in [0.15, 0.2) is 5.78 Å². The van der Waals surface area contributed by atoms with Crippen LogP contribution in [0.5, 0.6) is 0 Å². The predicted octanol–water partition coefficient (Wildman–Crippen LogP) is -0.0234. The van der Waals surface area contributed by atoms with Gasteiger partial charge in [0.1, 0.15) is 12.7 Å². The summed E-state index contributed by atoms with van der Waals surface area (Å²) in [6, 6.07) is 0. The summed E-state index contributed by atoms with van der Waals surface area (Å²) in [5.74, 6) is -1.08. The summed E-state index contributed by atoms with van der Waals surface area (Å²) < 4.78 is 10.5. The van der Waals surface area contributed by atoms with E-state index in [9.17, 15) is 9.59 Å². The fourth-order valence-corrected chi connectivity index (χ4v) is 2.02. The summed E-state index contributed by atoms with van der Waals surface area (Å²) in [7, 11) is 0. The van der Waals surface area contributed by atoms with Gasteiger partial charge in [0.2, 0.25) is 0 Å². The highest BCUT2D eigenvalue weighted by atomic mass is 16.6. The number of carbonyl (C=O) groups excluding carboxylic acids is 1. The molecule has 0 aromatic carbocycles. The van der Waals surface area contributed by atoms with Crippen LogP contribution in [0.15, 0.2) is 0 Å². The second-order valence-corrected chi connectivity index (χ2v) is 3.67. The van der Waals surface area contributed by atoms with E-state index in [1.54, 1.807) is 0 Å². The molecular formula is C9H12O5. The topological polar surface area (TPSA) is 72.8 Å². The van der Waals surface area contributed by atoms with Gasteiger partial charge in [-0.15, -0.1) is 0 Å². The number of fused-ring (bicyclic) bond motifs is 2. The average Bonchev–Trinajstić information content (AvgIpc) is 2.48. The molecule has 0 aromatic rings. The monoisotopic (exact) mass is 200 g/mol. The molecule has 1 N–H and O–H groups in total. The second-order valence-electron chi connectivity index (χ2n) is 3.67. The van der Waals surface area contributed by atoms with Crippen LogP contribution in [0.3, 0.4) is 0 Å². The van der Waals surface area contributed by atoms with Crippen molar-refractivity contribution in [2.45, 2.75) is 37.6 Å². The quantitative estimate of drug-likeness (QED) is 0.692. The third-order valence-electron chi connectivity index (χ3n) is 2.61. The Morgan fingerprint density at radius 1 is 1.57 bits per heavy atom. The first-order valence-corrected chi connectivity index (χ1v) is 4.68. The molecule has 0 spiro atoms. The van der Waals surface area contributed by atoms with Crippen LogP contribution in [0.1, 0.15) is 19.3 Å². The lowest BCUT2D eigenvalue weighted by Gasteiger charge is -2.27. The average molecular weight is 200 g/mol. The van der Waals surface area contributed by atoms with Gasteiger partial charge in [0.05, 0.1) is 12.2 Å². The van der Waals surface area contributed by atoms with Gasteiger partial charge in [-0.2, -0.15) is 0 Å². The van der Waals surface area contributed by atoms with Gasteiger partial charge in [-0.05, 0) is 12.8 Å². The van der Waals surface area contributed by atoms with Crippen LogP contribution in [-0.4, -0.2) is 41.8 Å². The van der Waals surface area contributed by atoms with E-state index in [1.165, 1.54) is 0 Å². The minimum Gasteiger partial charge on any atom is -0.480 e. The van der Waals surface area contributed by atoms with Crippen molar-refractivity contribution in [3.63, 3.8) is 0 Å². The van der Waals surface area contributed by atoms with Crippen molar-refractivity contribution in [3.8, 4) is 0 Å². The van der Waals surface area contributed by atoms with Gasteiger partial charge < -0.3 is 14.6 Å². The Morgan fingerprint density at radius 2 is 2.36 bits per heavy atom. The van der Waals surface area contributed by atoms with Crippen LogP contribution in [0.25, 0.3) is 0 Å². The Kier molecular flexibility index (Phi) is 2.52. The van der Waals surface area contributed by atoms with E-state index in [1.807, 2.05) is 0 Å². The molecule has 14 heavy (non-hydrogen) atoms. The summed E-state index contributed by atoms with van der Waals surface area (Å²) in [6.07, 6.45) is 1.19. The van der Waals surface area contributed by atoms with Gasteiger partial charge in [0.25, 0.3) is 0 Å². The SMILES string of the molecule is O=C(O)COC1C(=O)CC2CC[C@@H]1O2. The summed E-state index contributed by atoms with van der Waals surface area (Å²) >= 11 is 0. The lowest BCUT2D eigenvalue weighted by molar-refractivity contribution is -0.162. The number of carboxylic acid groups (broad SMARTS) is 1. The van der Waals surface area contributed by atoms with Crippen LogP contribution in [0.2, 0.25) is 0 Å². The summed E-state index contributed by atoms with van der Waals surface area (Å²) in [6.45, 7) is -0.430. The van der Waals surface area contributed by atoms with E-state index < -0.39 is 18.7 Å². The Morgan fingerprint density at radius 3 is 3.07 bits per heavy atom. The van der Waals surface area contributed by atoms with Crippen molar-refractivity contribution < 1.29 is 24.2 Å². The van der Waals surface area contributed by atoms with Crippen molar-refractivity contribution in [2.75, 3.05) is 6.61 Å². The highest BCUT2D eigenvalue weighted by molar-refractivity contribution is 5.85. The molecule has 2 aliphatic heterocycles. The van der Waals surface area contributed by atoms with E-state index in [4.69, 9.17) is 14.6 Å². The van der Waals surface area contributed by atoms with Crippen molar-refractivity contribution in [1.29, 1.82) is 0 Å². The molecule has 5 nitrogen and oxygen atoms in total. The van der Waals surface area contributed by atoms with Gasteiger partial charge in [0, 0.05) is 6.42 Å². The van der Waals surface area contributed by atoms with Crippen LogP contribution in [-0.2, 0) is 19.1 Å². The maximum atomic E-state index is 11.5. The molecule has 3 atom stereocenters. The van der Waals surface area contributed by atoms with Gasteiger partial charge in [-0.25, -0.2) is 4.79 Å². The summed E-state index contributed by atoms with van der Waals surface area (Å²) in [5, 5.41) is 8.42. The molecule has 2 unspecified atom stereocenters. The molecule has 2 saturated heterocycles. The fourth-order valence-electron chi connectivity index (χ4n) is 2.02. The Balaban J connectivity index is 1.95. The molecule has 2 rings (SSSR count). The molecular weight excluding hydrogens is 188 g/mol. The van der Waals surface area contributed by atoms with Crippen molar-refractivity contribution in [1.82, 2.24) is 0 Å². The maximum Gasteiger partial charge on any atom is 0.329 e. The third kappa shape index (κ3) is 1.78. The van der Waals surface area contributed by atoms with Crippen LogP contribution < -0.4 is 0 Å². The molecule has 2 fully saturated rings. The van der Waals surface area contributed by atoms with Crippen LogP contribution >= 0.6 is 0 Å². The number of rotatable bonds is 3. The number of ketones is 1. The highest BCUT2D eigenvalue weighted by Crippen LogP contribution is 2.32. The molecule has 78 valence electrons. The van der Waals surface area contributed by atoms with Gasteiger partial charge in [-0.1, -0.05) is 0 Å². The number of carbonyl (C=O) groups is 2. The normalized spacial score (nSPS) is 36.0. The molecule has 0 radical (unpaired) electrons. The number of carboxylic acids is 1. The number of ether oxygens (including phenoxy) is 2. The number of Topliss-reactive ketones (excluding diaryl/α,β-unsaturated/α-hetero) is 1. The fraction of sp³-hybridized carbons (Fsp3) is 0.778. The largest absolute Gasteiger partial charge is 0.480 e. The van der Waals surface area contributed by atoms with Crippen molar-refractivity contribution >= 4 is 11.8 Å². The predicted molar refractivity (Wildman–Crippen MR) is 44.9 cm³/mol. The minimum absolute atomic E-state index is 0.0231. The Bertz CT molecular complexity index is 262. The number of aliphatic carboxylic acids is 1. The highest BCUT2D eigenvalue weighted by Gasteiger charge is 2.42. The minimum atomic E-state index is -1.06. The van der Waals surface area contributed by atoms with Crippen molar-refractivity contribution in [2.24, 2.45) is 0 Å². The van der Waals surface area contributed by atoms with Crippen LogP contribution in [0.4, 0.5) is 0 Å². The van der Waals surface area contributed by atoms with Gasteiger partial charge in [-0.3, -0.25) is 4.79 Å².